The van der Waals surface area contributed by atoms with E-state index in [1.807, 2.05) is 6.92 Å². The Morgan fingerprint density at radius 1 is 1.54 bits per heavy atom. The van der Waals surface area contributed by atoms with Gasteiger partial charge in [-0.3, -0.25) is 0 Å². The Bertz CT molecular complexity index is 347. The van der Waals surface area contributed by atoms with Crippen LogP contribution in [0.1, 0.15) is 22.8 Å². The molecule has 13 heavy (non-hydrogen) atoms. The number of benzene rings is 1. The van der Waals surface area contributed by atoms with Gasteiger partial charge in [-0.15, -0.1) is 0 Å². The third-order valence-electron chi connectivity index (χ3n) is 1.91. The predicted octanol–water partition coefficient (Wildman–Crippen LogP) is 1.23. The Labute approximate surface area is 75.6 Å². The molecule has 1 aromatic rings. The number of nitrogen functional groups attached to an aromatic ring is 1. The number of hydrogen-bond acceptors (Lipinski definition) is 3. The van der Waals surface area contributed by atoms with Crippen LogP contribution >= 0.6 is 0 Å². The van der Waals surface area contributed by atoms with Crippen molar-refractivity contribution in [3.05, 3.63) is 23.3 Å². The van der Waals surface area contributed by atoms with Crippen molar-refractivity contribution < 1.29 is 15.0 Å². The maximum Gasteiger partial charge on any atom is 0.337 e. The van der Waals surface area contributed by atoms with Gasteiger partial charge in [-0.25, -0.2) is 4.79 Å². The number of carbonyl (C=O) groups is 1. The Balaban J connectivity index is 3.31. The van der Waals surface area contributed by atoms with Crippen LogP contribution in [0.3, 0.4) is 0 Å². The highest BCUT2D eigenvalue weighted by molar-refractivity contribution is 5.95. The molecule has 0 aliphatic carbocycles. The minimum absolute atomic E-state index is 0.0605. The van der Waals surface area contributed by atoms with Crippen molar-refractivity contribution in [2.75, 3.05) is 5.73 Å². The van der Waals surface area contributed by atoms with Crippen molar-refractivity contribution in [3.63, 3.8) is 0 Å². The molecule has 0 bridgehead atoms. The standard InChI is InChI=1S/C9H11NO3/c1-2-5-3-4-6(9(12)13)7(10)8(5)11/h3-4,11H,2,10H2,1H3,(H,12,13). The first-order valence-corrected chi connectivity index (χ1v) is 3.91. The highest BCUT2D eigenvalue weighted by atomic mass is 16.4. The highest BCUT2D eigenvalue weighted by Gasteiger charge is 2.13. The summed E-state index contributed by atoms with van der Waals surface area (Å²) in [7, 11) is 0. The molecule has 0 aliphatic rings. The summed E-state index contributed by atoms with van der Waals surface area (Å²) >= 11 is 0. The van der Waals surface area contributed by atoms with Crippen LogP contribution in [0, 0.1) is 0 Å². The van der Waals surface area contributed by atoms with E-state index in [0.717, 1.165) is 0 Å². The second-order valence-electron chi connectivity index (χ2n) is 2.69. The lowest BCUT2D eigenvalue weighted by Crippen LogP contribution is -2.03. The van der Waals surface area contributed by atoms with Crippen molar-refractivity contribution >= 4 is 11.7 Å². The molecular weight excluding hydrogens is 170 g/mol. The van der Waals surface area contributed by atoms with Crippen LogP contribution in [0.4, 0.5) is 5.69 Å². The number of carboxylic acid groups (broad SMARTS) is 1. The van der Waals surface area contributed by atoms with Gasteiger partial charge in [-0.1, -0.05) is 13.0 Å². The monoisotopic (exact) mass is 181 g/mol. The SMILES string of the molecule is CCc1ccc(C(=O)O)c(N)c1O. The quantitative estimate of drug-likeness (QED) is 0.473. The lowest BCUT2D eigenvalue weighted by molar-refractivity contribution is 0.0697. The number of aromatic carboxylic acids is 1. The Hall–Kier alpha value is -1.71. The Morgan fingerprint density at radius 3 is 2.62 bits per heavy atom. The molecular formula is C9H11NO3. The van der Waals surface area contributed by atoms with Gasteiger partial charge in [0, 0.05) is 0 Å². The highest BCUT2D eigenvalue weighted by Crippen LogP contribution is 2.28. The lowest BCUT2D eigenvalue weighted by Gasteiger charge is -2.07. The summed E-state index contributed by atoms with van der Waals surface area (Å²) in [5.41, 5.74) is 5.96. The van der Waals surface area contributed by atoms with Crippen LogP contribution < -0.4 is 5.73 Å². The van der Waals surface area contributed by atoms with E-state index in [4.69, 9.17) is 10.8 Å². The van der Waals surface area contributed by atoms with E-state index in [1.54, 1.807) is 6.07 Å². The maximum atomic E-state index is 10.6. The van der Waals surface area contributed by atoms with Crippen molar-refractivity contribution in [1.82, 2.24) is 0 Å². The van der Waals surface area contributed by atoms with E-state index >= 15 is 0 Å². The van der Waals surface area contributed by atoms with Gasteiger partial charge in [0.2, 0.25) is 0 Å². The fourth-order valence-corrected chi connectivity index (χ4v) is 1.12. The predicted molar refractivity (Wildman–Crippen MR) is 48.9 cm³/mol. The number of rotatable bonds is 2. The number of hydrogen-bond donors (Lipinski definition) is 3. The minimum Gasteiger partial charge on any atom is -0.505 e. The van der Waals surface area contributed by atoms with Crippen LogP contribution in [0.25, 0.3) is 0 Å². The van der Waals surface area contributed by atoms with Gasteiger partial charge in [0.25, 0.3) is 0 Å². The average molecular weight is 181 g/mol. The summed E-state index contributed by atoms with van der Waals surface area (Å²) in [5, 5.41) is 18.1. The molecule has 70 valence electrons. The smallest absolute Gasteiger partial charge is 0.337 e. The third-order valence-corrected chi connectivity index (χ3v) is 1.91. The normalized spacial score (nSPS) is 9.92. The molecule has 0 saturated heterocycles. The number of carboxylic acids is 1. The fraction of sp³-hybridized carbons (Fsp3) is 0.222. The first-order valence-electron chi connectivity index (χ1n) is 3.91. The van der Waals surface area contributed by atoms with Gasteiger partial charge in [0.05, 0.1) is 11.3 Å². The molecule has 0 amide bonds. The van der Waals surface area contributed by atoms with Crippen LogP contribution in [0.5, 0.6) is 5.75 Å². The maximum absolute atomic E-state index is 10.6. The number of aryl methyl sites for hydroxylation is 1. The summed E-state index contributed by atoms with van der Waals surface area (Å²) in [6.45, 7) is 1.86. The topological polar surface area (TPSA) is 83.5 Å². The first-order chi connectivity index (χ1) is 6.07. The van der Waals surface area contributed by atoms with Crippen molar-refractivity contribution in [2.45, 2.75) is 13.3 Å². The molecule has 0 heterocycles. The molecule has 1 aromatic carbocycles. The molecule has 0 aliphatic heterocycles. The van der Waals surface area contributed by atoms with Gasteiger partial charge in [-0.05, 0) is 18.1 Å². The van der Waals surface area contributed by atoms with Crippen LogP contribution in [0.2, 0.25) is 0 Å². The van der Waals surface area contributed by atoms with E-state index in [9.17, 15) is 9.90 Å². The Kier molecular flexibility index (Phi) is 2.41. The van der Waals surface area contributed by atoms with Gasteiger partial charge < -0.3 is 15.9 Å². The summed E-state index contributed by atoms with van der Waals surface area (Å²) in [4.78, 5) is 10.6. The molecule has 0 unspecified atom stereocenters. The molecule has 4 heteroatoms. The van der Waals surface area contributed by atoms with Gasteiger partial charge in [0.15, 0.2) is 0 Å². The van der Waals surface area contributed by atoms with Gasteiger partial charge in [-0.2, -0.15) is 0 Å². The minimum atomic E-state index is -1.13. The molecule has 0 atom stereocenters. The molecule has 0 aromatic heterocycles. The zero-order chi connectivity index (χ0) is 10.0. The van der Waals surface area contributed by atoms with Crippen molar-refractivity contribution in [2.24, 2.45) is 0 Å². The molecule has 0 radical (unpaired) electrons. The van der Waals surface area contributed by atoms with Crippen LogP contribution in [0.15, 0.2) is 12.1 Å². The summed E-state index contributed by atoms with van der Waals surface area (Å²) < 4.78 is 0. The Morgan fingerprint density at radius 2 is 2.15 bits per heavy atom. The largest absolute Gasteiger partial charge is 0.505 e. The fourth-order valence-electron chi connectivity index (χ4n) is 1.12. The molecule has 4 N–H and O–H groups in total. The lowest BCUT2D eigenvalue weighted by atomic mass is 10.1. The molecule has 0 spiro atoms. The molecule has 0 fully saturated rings. The number of phenolic OH excluding ortho intramolecular Hbond substituents is 1. The van der Waals surface area contributed by atoms with E-state index in [1.165, 1.54) is 6.07 Å². The van der Waals surface area contributed by atoms with Crippen LogP contribution in [-0.2, 0) is 6.42 Å². The summed E-state index contributed by atoms with van der Waals surface area (Å²) in [6.07, 6.45) is 0.621. The number of aromatic hydroxyl groups is 1. The van der Waals surface area contributed by atoms with Gasteiger partial charge >= 0.3 is 5.97 Å². The molecule has 1 rings (SSSR count). The van der Waals surface area contributed by atoms with Crippen molar-refractivity contribution in [1.29, 1.82) is 0 Å². The summed E-state index contributed by atoms with van der Waals surface area (Å²) in [6, 6.07) is 2.96. The van der Waals surface area contributed by atoms with E-state index < -0.39 is 5.97 Å². The van der Waals surface area contributed by atoms with E-state index in [2.05, 4.69) is 0 Å². The zero-order valence-corrected chi connectivity index (χ0v) is 7.24. The summed E-state index contributed by atoms with van der Waals surface area (Å²) in [5.74, 6) is -1.25. The van der Waals surface area contributed by atoms with E-state index in [-0.39, 0.29) is 17.0 Å². The van der Waals surface area contributed by atoms with Gasteiger partial charge in [0.1, 0.15) is 5.75 Å². The van der Waals surface area contributed by atoms with Crippen molar-refractivity contribution in [3.8, 4) is 5.75 Å². The number of phenols is 1. The number of nitrogens with two attached hydrogens (primary N) is 1. The van der Waals surface area contributed by atoms with E-state index in [0.29, 0.717) is 12.0 Å². The zero-order valence-electron chi connectivity index (χ0n) is 7.24. The number of anilines is 1. The van der Waals surface area contributed by atoms with Crippen LogP contribution in [-0.4, -0.2) is 16.2 Å². The third kappa shape index (κ3) is 1.56. The second kappa shape index (κ2) is 3.35. The molecule has 4 nitrogen and oxygen atoms in total. The second-order valence-corrected chi connectivity index (χ2v) is 2.69. The molecule has 0 saturated carbocycles. The average Bonchev–Trinajstić information content (AvgIpc) is 2.09. The first kappa shape index (κ1) is 9.38.